The number of rotatable bonds is 4. The highest BCUT2D eigenvalue weighted by atomic mass is 16.5. The van der Waals surface area contributed by atoms with Crippen molar-refractivity contribution in [2.24, 2.45) is 0 Å². The normalized spacial score (nSPS) is 10.9. The van der Waals surface area contributed by atoms with Crippen molar-refractivity contribution >= 4 is 10.9 Å². The summed E-state index contributed by atoms with van der Waals surface area (Å²) in [6.45, 7) is 1.84. The second kappa shape index (κ2) is 6.44. The number of ether oxygens (including phenoxy) is 2. The average molecular weight is 347 g/mol. The van der Waals surface area contributed by atoms with Gasteiger partial charge in [-0.15, -0.1) is 0 Å². The Hall–Kier alpha value is -3.48. The molecule has 4 aromatic rings. The summed E-state index contributed by atoms with van der Waals surface area (Å²) < 4.78 is 11.1. The molecule has 1 aromatic carbocycles. The number of pyridine rings is 2. The number of fused-ring (bicyclic) bond motifs is 1. The zero-order valence-electron chi connectivity index (χ0n) is 14.6. The van der Waals surface area contributed by atoms with E-state index in [2.05, 4.69) is 20.2 Å². The summed E-state index contributed by atoms with van der Waals surface area (Å²) in [6.07, 6.45) is 1.73. The van der Waals surface area contributed by atoms with Crippen LogP contribution in [0.25, 0.3) is 33.7 Å². The molecule has 0 aliphatic heterocycles. The second-order valence-corrected chi connectivity index (χ2v) is 5.69. The first-order valence-corrected chi connectivity index (χ1v) is 8.08. The third-order valence-electron chi connectivity index (χ3n) is 4.09. The number of para-hydroxylation sites is 1. The van der Waals surface area contributed by atoms with E-state index >= 15 is 0 Å². The summed E-state index contributed by atoms with van der Waals surface area (Å²) in [5.41, 5.74) is 2.83. The number of hydrogen-bond acceptors (Lipinski definition) is 6. The van der Waals surface area contributed by atoms with Gasteiger partial charge in [0, 0.05) is 17.1 Å². The van der Waals surface area contributed by atoms with Crippen LogP contribution in [0.4, 0.5) is 0 Å². The molecule has 1 N–H and O–H groups in total. The highest BCUT2D eigenvalue weighted by Crippen LogP contribution is 2.40. The molecule has 0 saturated heterocycles. The Morgan fingerprint density at radius 2 is 1.77 bits per heavy atom. The molecule has 0 fully saturated rings. The Bertz CT molecular complexity index is 1090. The van der Waals surface area contributed by atoms with Gasteiger partial charge in [0.05, 0.1) is 19.9 Å². The largest absolute Gasteiger partial charge is 0.496 e. The van der Waals surface area contributed by atoms with Gasteiger partial charge in [-0.2, -0.15) is 5.10 Å². The molecular weight excluding hydrogens is 330 g/mol. The minimum atomic E-state index is 0.461. The van der Waals surface area contributed by atoms with Gasteiger partial charge in [-0.1, -0.05) is 12.1 Å². The molecule has 0 unspecified atom stereocenters. The summed E-state index contributed by atoms with van der Waals surface area (Å²) in [7, 11) is 3.24. The second-order valence-electron chi connectivity index (χ2n) is 5.69. The van der Waals surface area contributed by atoms with Crippen LogP contribution < -0.4 is 9.47 Å². The third kappa shape index (κ3) is 2.54. The standard InChI is InChI=1S/C19H17N5O2/c1-11-21-19(24-23-11)17-18(26-3)16-13(8-6-10-20-16)15(22-17)12-7-4-5-9-14(12)25-2/h4-10H,1-3H3,(H,21,23,24). The highest BCUT2D eigenvalue weighted by Gasteiger charge is 2.21. The molecule has 0 spiro atoms. The molecule has 7 nitrogen and oxygen atoms in total. The summed E-state index contributed by atoms with van der Waals surface area (Å²) in [6, 6.07) is 11.6. The Morgan fingerprint density at radius 3 is 2.50 bits per heavy atom. The first-order valence-electron chi connectivity index (χ1n) is 8.08. The van der Waals surface area contributed by atoms with Crippen LogP contribution in [0.15, 0.2) is 42.6 Å². The van der Waals surface area contributed by atoms with Gasteiger partial charge >= 0.3 is 0 Å². The summed E-state index contributed by atoms with van der Waals surface area (Å²) in [5, 5.41) is 7.95. The van der Waals surface area contributed by atoms with Crippen LogP contribution in [0, 0.1) is 6.92 Å². The minimum Gasteiger partial charge on any atom is -0.496 e. The van der Waals surface area contributed by atoms with Gasteiger partial charge in [-0.3, -0.25) is 10.1 Å². The van der Waals surface area contributed by atoms with E-state index in [0.29, 0.717) is 28.6 Å². The molecule has 26 heavy (non-hydrogen) atoms. The molecule has 7 heteroatoms. The Kier molecular flexibility index (Phi) is 3.96. The zero-order chi connectivity index (χ0) is 18.1. The van der Waals surface area contributed by atoms with E-state index in [1.165, 1.54) is 0 Å². The lowest BCUT2D eigenvalue weighted by atomic mass is 10.0. The van der Waals surface area contributed by atoms with Gasteiger partial charge in [0.1, 0.15) is 17.1 Å². The van der Waals surface area contributed by atoms with Crippen LogP contribution >= 0.6 is 0 Å². The van der Waals surface area contributed by atoms with Gasteiger partial charge in [0.25, 0.3) is 0 Å². The summed E-state index contributed by atoms with van der Waals surface area (Å²) in [5.74, 6) is 2.43. The molecular formula is C19H17N5O2. The van der Waals surface area contributed by atoms with Crippen LogP contribution in [0.3, 0.4) is 0 Å². The van der Waals surface area contributed by atoms with E-state index in [9.17, 15) is 0 Å². The predicted octanol–water partition coefficient (Wildman–Crippen LogP) is 3.41. The number of aromatic nitrogens is 5. The quantitative estimate of drug-likeness (QED) is 0.609. The van der Waals surface area contributed by atoms with Gasteiger partial charge in [0.2, 0.25) is 5.82 Å². The Labute approximate surface area is 150 Å². The Balaban J connectivity index is 2.10. The van der Waals surface area contributed by atoms with Gasteiger partial charge in [0.15, 0.2) is 11.4 Å². The predicted molar refractivity (Wildman–Crippen MR) is 98.2 cm³/mol. The third-order valence-corrected chi connectivity index (χ3v) is 4.09. The van der Waals surface area contributed by atoms with Crippen molar-refractivity contribution in [1.82, 2.24) is 25.1 Å². The smallest absolute Gasteiger partial charge is 0.203 e. The lowest BCUT2D eigenvalue weighted by Crippen LogP contribution is -2.00. The van der Waals surface area contributed by atoms with Crippen LogP contribution in [-0.4, -0.2) is 39.4 Å². The van der Waals surface area contributed by atoms with Gasteiger partial charge in [-0.05, 0) is 31.2 Å². The fourth-order valence-corrected chi connectivity index (χ4v) is 2.95. The Morgan fingerprint density at radius 1 is 0.923 bits per heavy atom. The lowest BCUT2D eigenvalue weighted by molar-refractivity contribution is 0.415. The van der Waals surface area contributed by atoms with E-state index in [0.717, 1.165) is 22.4 Å². The molecule has 0 atom stereocenters. The molecule has 0 saturated carbocycles. The summed E-state index contributed by atoms with van der Waals surface area (Å²) >= 11 is 0. The first kappa shape index (κ1) is 16.0. The maximum atomic E-state index is 5.62. The molecule has 4 rings (SSSR count). The van der Waals surface area contributed by atoms with Crippen molar-refractivity contribution in [1.29, 1.82) is 0 Å². The number of nitrogens with zero attached hydrogens (tertiary/aromatic N) is 4. The van der Waals surface area contributed by atoms with E-state index in [1.807, 2.05) is 43.3 Å². The monoisotopic (exact) mass is 347 g/mol. The molecule has 0 aliphatic carbocycles. The lowest BCUT2D eigenvalue weighted by Gasteiger charge is -2.14. The zero-order valence-corrected chi connectivity index (χ0v) is 14.6. The van der Waals surface area contributed by atoms with E-state index in [-0.39, 0.29) is 0 Å². The molecule has 130 valence electrons. The van der Waals surface area contributed by atoms with Crippen LogP contribution in [0.5, 0.6) is 11.5 Å². The highest BCUT2D eigenvalue weighted by molar-refractivity contribution is 6.00. The number of hydrogen-bond donors (Lipinski definition) is 1. The average Bonchev–Trinajstić information content (AvgIpc) is 3.12. The fourth-order valence-electron chi connectivity index (χ4n) is 2.95. The number of nitrogens with one attached hydrogen (secondary N) is 1. The van der Waals surface area contributed by atoms with Gasteiger partial charge < -0.3 is 9.47 Å². The maximum absolute atomic E-state index is 5.62. The maximum Gasteiger partial charge on any atom is 0.203 e. The molecule has 0 bridgehead atoms. The number of methoxy groups -OCH3 is 2. The van der Waals surface area contributed by atoms with Crippen molar-refractivity contribution in [3.63, 3.8) is 0 Å². The number of H-pyrrole nitrogens is 1. The van der Waals surface area contributed by atoms with Crippen LogP contribution in [0.2, 0.25) is 0 Å². The van der Waals surface area contributed by atoms with Crippen molar-refractivity contribution < 1.29 is 9.47 Å². The van der Waals surface area contributed by atoms with E-state index in [4.69, 9.17) is 14.5 Å². The van der Waals surface area contributed by atoms with Crippen LogP contribution in [0.1, 0.15) is 5.82 Å². The molecule has 3 aromatic heterocycles. The summed E-state index contributed by atoms with van der Waals surface area (Å²) in [4.78, 5) is 13.8. The topological polar surface area (TPSA) is 85.8 Å². The molecule has 0 radical (unpaired) electrons. The van der Waals surface area contributed by atoms with E-state index in [1.54, 1.807) is 20.4 Å². The number of benzene rings is 1. The SMILES string of the molecule is COc1ccccc1-c1nc(-c2n[nH]c(C)n2)c(OC)c2ncccc12. The van der Waals surface area contributed by atoms with Crippen molar-refractivity contribution in [2.75, 3.05) is 14.2 Å². The molecule has 0 aliphatic rings. The van der Waals surface area contributed by atoms with E-state index < -0.39 is 0 Å². The van der Waals surface area contributed by atoms with Crippen molar-refractivity contribution in [2.45, 2.75) is 6.92 Å². The first-order chi connectivity index (χ1) is 12.7. The number of aryl methyl sites for hydroxylation is 1. The van der Waals surface area contributed by atoms with Crippen molar-refractivity contribution in [3.8, 4) is 34.3 Å². The fraction of sp³-hybridized carbons (Fsp3) is 0.158. The van der Waals surface area contributed by atoms with Crippen molar-refractivity contribution in [3.05, 3.63) is 48.4 Å². The number of aromatic amines is 1. The molecule has 3 heterocycles. The minimum absolute atomic E-state index is 0.461. The molecule has 0 amide bonds. The van der Waals surface area contributed by atoms with Crippen LogP contribution in [-0.2, 0) is 0 Å². The van der Waals surface area contributed by atoms with Gasteiger partial charge in [-0.25, -0.2) is 9.97 Å².